The molecule has 2 aromatic heterocycles. The van der Waals surface area contributed by atoms with E-state index in [2.05, 4.69) is 15.3 Å². The van der Waals surface area contributed by atoms with Crippen LogP contribution in [-0.2, 0) is 17.7 Å². The van der Waals surface area contributed by atoms with Crippen LogP contribution in [0.4, 0.5) is 5.82 Å². The maximum absolute atomic E-state index is 13.2. The third-order valence-electron chi connectivity index (χ3n) is 5.61. The van der Waals surface area contributed by atoms with E-state index in [1.165, 1.54) is 0 Å². The van der Waals surface area contributed by atoms with Crippen LogP contribution in [0.3, 0.4) is 0 Å². The smallest absolute Gasteiger partial charge is 0.192 e. The van der Waals surface area contributed by atoms with E-state index in [-0.39, 0.29) is 0 Å². The van der Waals surface area contributed by atoms with Gasteiger partial charge in [0.15, 0.2) is 17.0 Å². The van der Waals surface area contributed by atoms with Crippen molar-refractivity contribution in [2.24, 2.45) is 0 Å². The first kappa shape index (κ1) is 22.8. The fraction of sp³-hybridized carbons (Fsp3) is 0.292. The van der Waals surface area contributed by atoms with E-state index in [1.54, 1.807) is 27.2 Å². The Bertz CT molecular complexity index is 1290. The van der Waals surface area contributed by atoms with Gasteiger partial charge in [0.2, 0.25) is 0 Å². The van der Waals surface area contributed by atoms with Crippen molar-refractivity contribution in [2.45, 2.75) is 20.0 Å². The zero-order chi connectivity index (χ0) is 23.4. The molecule has 0 aliphatic heterocycles. The van der Waals surface area contributed by atoms with E-state index >= 15 is 0 Å². The van der Waals surface area contributed by atoms with Gasteiger partial charge in [-0.3, -0.25) is 0 Å². The molecule has 9 heteroatoms. The number of ether oxygens (including phenoxy) is 2. The predicted molar refractivity (Wildman–Crippen MR) is 131 cm³/mol. The summed E-state index contributed by atoms with van der Waals surface area (Å²) >= 11 is 0. The number of methoxy groups -OCH3 is 2. The molecule has 1 atom stereocenters. The third kappa shape index (κ3) is 5.01. The number of anilines is 1. The van der Waals surface area contributed by atoms with Crippen LogP contribution >= 0.6 is 7.14 Å². The van der Waals surface area contributed by atoms with Crippen LogP contribution in [0.15, 0.2) is 54.9 Å². The SMILES string of the molecule is CCP(C)(=O)c1nc(NCc2ccc(OC)cc2)c2ncn(Cc3ccc(OC)cc3)c2n1. The summed E-state index contributed by atoms with van der Waals surface area (Å²) in [5, 5.41) is 3.36. The number of aromatic nitrogens is 4. The monoisotopic (exact) mass is 465 g/mol. The van der Waals surface area contributed by atoms with E-state index in [9.17, 15) is 4.57 Å². The molecule has 0 amide bonds. The Kier molecular flexibility index (Phi) is 6.65. The van der Waals surface area contributed by atoms with Gasteiger partial charge in [-0.05, 0) is 42.1 Å². The van der Waals surface area contributed by atoms with E-state index in [0.717, 1.165) is 22.6 Å². The third-order valence-corrected chi connectivity index (χ3v) is 7.86. The molecular formula is C24H28N5O3P. The second kappa shape index (κ2) is 9.63. The van der Waals surface area contributed by atoms with Gasteiger partial charge >= 0.3 is 0 Å². The van der Waals surface area contributed by atoms with Crippen LogP contribution in [0.25, 0.3) is 11.2 Å². The van der Waals surface area contributed by atoms with Crippen molar-refractivity contribution in [1.82, 2.24) is 19.5 Å². The van der Waals surface area contributed by atoms with Crippen molar-refractivity contribution >= 4 is 29.7 Å². The number of benzene rings is 2. The van der Waals surface area contributed by atoms with Crippen molar-refractivity contribution in [2.75, 3.05) is 32.4 Å². The number of rotatable bonds is 9. The first-order valence-electron chi connectivity index (χ1n) is 10.7. The van der Waals surface area contributed by atoms with E-state index in [4.69, 9.17) is 14.5 Å². The highest BCUT2D eigenvalue weighted by molar-refractivity contribution is 7.70. The molecule has 0 aliphatic carbocycles. The van der Waals surface area contributed by atoms with Gasteiger partial charge in [0.25, 0.3) is 0 Å². The minimum absolute atomic E-state index is 0.367. The number of hydrogen-bond acceptors (Lipinski definition) is 7. The molecule has 33 heavy (non-hydrogen) atoms. The Morgan fingerprint density at radius 2 is 1.55 bits per heavy atom. The van der Waals surface area contributed by atoms with Crippen LogP contribution in [0.5, 0.6) is 11.5 Å². The minimum Gasteiger partial charge on any atom is -0.497 e. The zero-order valence-electron chi connectivity index (χ0n) is 19.3. The lowest BCUT2D eigenvalue weighted by atomic mass is 10.2. The summed E-state index contributed by atoms with van der Waals surface area (Å²) in [5.41, 5.74) is 3.82. The van der Waals surface area contributed by atoms with Crippen LogP contribution in [0.1, 0.15) is 18.1 Å². The largest absolute Gasteiger partial charge is 0.497 e. The van der Waals surface area contributed by atoms with Gasteiger partial charge in [-0.2, -0.15) is 0 Å². The molecule has 2 aromatic carbocycles. The Labute approximate surface area is 193 Å². The average Bonchev–Trinajstić information content (AvgIpc) is 3.26. The van der Waals surface area contributed by atoms with Gasteiger partial charge in [0.1, 0.15) is 24.2 Å². The minimum atomic E-state index is -2.69. The Morgan fingerprint density at radius 1 is 0.939 bits per heavy atom. The molecule has 0 spiro atoms. The number of hydrogen-bond donors (Lipinski definition) is 1. The molecule has 0 aliphatic rings. The van der Waals surface area contributed by atoms with Gasteiger partial charge in [0.05, 0.1) is 27.1 Å². The fourth-order valence-electron chi connectivity index (χ4n) is 3.38. The highest BCUT2D eigenvalue weighted by atomic mass is 31.2. The molecule has 4 rings (SSSR count). The van der Waals surface area contributed by atoms with Gasteiger partial charge < -0.3 is 23.9 Å². The lowest BCUT2D eigenvalue weighted by molar-refractivity contribution is 0.414. The summed E-state index contributed by atoms with van der Waals surface area (Å²) in [6.07, 6.45) is 2.24. The van der Waals surface area contributed by atoms with Crippen LogP contribution in [0.2, 0.25) is 0 Å². The topological polar surface area (TPSA) is 91.2 Å². The first-order chi connectivity index (χ1) is 15.9. The van der Waals surface area contributed by atoms with Crippen molar-refractivity contribution in [1.29, 1.82) is 0 Å². The molecule has 0 radical (unpaired) electrons. The molecule has 172 valence electrons. The summed E-state index contributed by atoms with van der Waals surface area (Å²) in [6.45, 7) is 4.75. The van der Waals surface area contributed by atoms with E-state index in [0.29, 0.717) is 41.8 Å². The standard InChI is InChI=1S/C24H28N5O3P/c1-5-33(4,30)24-27-22(25-14-17-6-10-19(31-2)11-7-17)21-23(28-24)29(16-26-21)15-18-8-12-20(32-3)13-9-18/h6-13,16H,5,14-15H2,1-4H3,(H,25,27,28). The molecule has 0 saturated heterocycles. The number of fused-ring (bicyclic) bond motifs is 1. The van der Waals surface area contributed by atoms with Crippen molar-refractivity contribution in [3.05, 3.63) is 66.0 Å². The molecule has 1 N–H and O–H groups in total. The highest BCUT2D eigenvalue weighted by Gasteiger charge is 2.23. The van der Waals surface area contributed by atoms with Gasteiger partial charge in [-0.15, -0.1) is 0 Å². The molecule has 0 fully saturated rings. The second-order valence-corrected chi connectivity index (χ2v) is 11.1. The zero-order valence-corrected chi connectivity index (χ0v) is 20.2. The second-order valence-electron chi connectivity index (χ2n) is 7.88. The van der Waals surface area contributed by atoms with Gasteiger partial charge in [-0.25, -0.2) is 15.0 Å². The van der Waals surface area contributed by atoms with Crippen molar-refractivity contribution in [3.63, 3.8) is 0 Å². The summed E-state index contributed by atoms with van der Waals surface area (Å²) in [4.78, 5) is 13.9. The molecule has 1 unspecified atom stereocenters. The van der Waals surface area contributed by atoms with E-state index < -0.39 is 7.14 Å². The Balaban J connectivity index is 1.69. The molecule has 4 aromatic rings. The normalized spacial score (nSPS) is 13.0. The number of imidazole rings is 1. The number of nitrogens with one attached hydrogen (secondary N) is 1. The summed E-state index contributed by atoms with van der Waals surface area (Å²) in [5.74, 6) is 2.19. The quantitative estimate of drug-likeness (QED) is 0.372. The van der Waals surface area contributed by atoms with E-state index in [1.807, 2.05) is 60.0 Å². The van der Waals surface area contributed by atoms with Crippen molar-refractivity contribution in [3.8, 4) is 11.5 Å². The van der Waals surface area contributed by atoms with Crippen LogP contribution in [0, 0.1) is 0 Å². The average molecular weight is 465 g/mol. The first-order valence-corrected chi connectivity index (χ1v) is 13.1. The lowest BCUT2D eigenvalue weighted by Crippen LogP contribution is -2.19. The maximum Gasteiger partial charge on any atom is 0.192 e. The lowest BCUT2D eigenvalue weighted by Gasteiger charge is -2.13. The summed E-state index contributed by atoms with van der Waals surface area (Å²) < 4.78 is 25.6. The highest BCUT2D eigenvalue weighted by Crippen LogP contribution is 2.38. The number of nitrogens with zero attached hydrogens (tertiary/aromatic N) is 4. The Morgan fingerprint density at radius 3 is 2.12 bits per heavy atom. The fourth-order valence-corrected chi connectivity index (χ4v) is 4.28. The molecule has 8 nitrogen and oxygen atoms in total. The Hall–Kier alpha value is -3.38. The summed E-state index contributed by atoms with van der Waals surface area (Å²) in [7, 11) is 0.603. The summed E-state index contributed by atoms with van der Waals surface area (Å²) in [6, 6.07) is 15.7. The molecular weight excluding hydrogens is 437 g/mol. The predicted octanol–water partition coefficient (Wildman–Crippen LogP) is 4.14. The van der Waals surface area contributed by atoms with Crippen LogP contribution < -0.4 is 20.4 Å². The molecule has 0 bridgehead atoms. The molecule has 2 heterocycles. The van der Waals surface area contributed by atoms with Gasteiger partial charge in [0, 0.05) is 12.7 Å². The van der Waals surface area contributed by atoms with Crippen molar-refractivity contribution < 1.29 is 14.0 Å². The van der Waals surface area contributed by atoms with Crippen LogP contribution in [-0.4, -0.2) is 46.6 Å². The molecule has 0 saturated carbocycles. The maximum atomic E-state index is 13.2. The van der Waals surface area contributed by atoms with Gasteiger partial charge in [-0.1, -0.05) is 31.2 Å².